The van der Waals surface area contributed by atoms with Crippen LogP contribution in [0.15, 0.2) is 29.2 Å². The molecule has 1 unspecified atom stereocenters. The van der Waals surface area contributed by atoms with E-state index in [1.165, 1.54) is 12.4 Å². The van der Waals surface area contributed by atoms with Gasteiger partial charge in [0, 0.05) is 13.1 Å². The van der Waals surface area contributed by atoms with Gasteiger partial charge in [-0.15, -0.1) is 0 Å². The van der Waals surface area contributed by atoms with Gasteiger partial charge in [-0.3, -0.25) is 0 Å². The summed E-state index contributed by atoms with van der Waals surface area (Å²) in [6.45, 7) is 2.03. The smallest absolute Gasteiger partial charge is 0.356 e. The Morgan fingerprint density at radius 1 is 1.45 bits per heavy atom. The van der Waals surface area contributed by atoms with E-state index in [1.54, 1.807) is 11.3 Å². The largest absolute Gasteiger partial charge is 0.476 e. The number of nitrogens with zero attached hydrogens (tertiary/aromatic N) is 3. The lowest BCUT2D eigenvalue weighted by atomic mass is 10.1. The average molecular weight is 291 g/mol. The maximum atomic E-state index is 10.8. The number of rotatable bonds is 3. The first kappa shape index (κ1) is 13.0. The summed E-state index contributed by atoms with van der Waals surface area (Å²) in [5.41, 5.74) is 1.12. The number of carboxylic acid groups (broad SMARTS) is 1. The molecule has 0 saturated carbocycles. The van der Waals surface area contributed by atoms with Crippen molar-refractivity contribution < 1.29 is 14.6 Å². The molecule has 0 aliphatic carbocycles. The van der Waals surface area contributed by atoms with Gasteiger partial charge < -0.3 is 14.7 Å². The lowest BCUT2D eigenvalue weighted by molar-refractivity contribution is 0.0397. The summed E-state index contributed by atoms with van der Waals surface area (Å²) in [5, 5.41) is 12.9. The minimum Gasteiger partial charge on any atom is -0.476 e. The van der Waals surface area contributed by atoms with Crippen molar-refractivity contribution in [2.24, 2.45) is 0 Å². The second-order valence-corrected chi connectivity index (χ2v) is 5.21. The summed E-state index contributed by atoms with van der Waals surface area (Å²) in [6, 6.07) is 2.05. The molecule has 0 radical (unpaired) electrons. The molecule has 1 aliphatic rings. The van der Waals surface area contributed by atoms with E-state index in [4.69, 9.17) is 9.84 Å². The van der Waals surface area contributed by atoms with Crippen LogP contribution in [-0.4, -0.2) is 40.7 Å². The number of ether oxygens (including phenoxy) is 1. The summed E-state index contributed by atoms with van der Waals surface area (Å²) < 4.78 is 5.76. The Labute approximate surface area is 119 Å². The van der Waals surface area contributed by atoms with Gasteiger partial charge in [0.25, 0.3) is 0 Å². The fourth-order valence-corrected chi connectivity index (χ4v) is 2.81. The molecule has 3 rings (SSSR count). The van der Waals surface area contributed by atoms with E-state index in [2.05, 4.69) is 26.3 Å². The van der Waals surface area contributed by atoms with Gasteiger partial charge in [0.15, 0.2) is 5.69 Å². The van der Waals surface area contributed by atoms with Gasteiger partial charge in [0.05, 0.1) is 19.0 Å². The molecule has 1 atom stereocenters. The second kappa shape index (κ2) is 5.56. The van der Waals surface area contributed by atoms with E-state index in [1.807, 2.05) is 5.38 Å². The number of anilines is 1. The molecule has 0 amide bonds. The Hall–Kier alpha value is -1.99. The summed E-state index contributed by atoms with van der Waals surface area (Å²) in [6.07, 6.45) is 2.81. The molecule has 0 bridgehead atoms. The molecule has 104 valence electrons. The van der Waals surface area contributed by atoms with Crippen LogP contribution in [0.4, 0.5) is 5.82 Å². The zero-order valence-corrected chi connectivity index (χ0v) is 11.4. The van der Waals surface area contributed by atoms with Gasteiger partial charge in [0.2, 0.25) is 0 Å². The van der Waals surface area contributed by atoms with Crippen molar-refractivity contribution in [2.75, 3.05) is 24.6 Å². The highest BCUT2D eigenvalue weighted by Gasteiger charge is 2.23. The van der Waals surface area contributed by atoms with E-state index >= 15 is 0 Å². The SMILES string of the molecule is O=C(O)c1cnc(N2CCOC(c3ccsc3)C2)cn1. The Morgan fingerprint density at radius 2 is 2.35 bits per heavy atom. The van der Waals surface area contributed by atoms with E-state index in [0.29, 0.717) is 19.0 Å². The molecule has 7 heteroatoms. The van der Waals surface area contributed by atoms with Crippen LogP contribution in [0.3, 0.4) is 0 Å². The van der Waals surface area contributed by atoms with E-state index in [-0.39, 0.29) is 11.8 Å². The third kappa shape index (κ3) is 2.63. The van der Waals surface area contributed by atoms with Crippen LogP contribution < -0.4 is 4.90 Å². The topological polar surface area (TPSA) is 75.5 Å². The van der Waals surface area contributed by atoms with Crippen LogP contribution in [0.5, 0.6) is 0 Å². The van der Waals surface area contributed by atoms with E-state index < -0.39 is 5.97 Å². The molecule has 2 aromatic heterocycles. The van der Waals surface area contributed by atoms with E-state index in [9.17, 15) is 4.79 Å². The lowest BCUT2D eigenvalue weighted by Crippen LogP contribution is -2.38. The van der Waals surface area contributed by atoms with Crippen molar-refractivity contribution in [2.45, 2.75) is 6.10 Å². The highest BCUT2D eigenvalue weighted by Crippen LogP contribution is 2.26. The highest BCUT2D eigenvalue weighted by molar-refractivity contribution is 7.07. The van der Waals surface area contributed by atoms with Crippen molar-refractivity contribution in [3.63, 3.8) is 0 Å². The quantitative estimate of drug-likeness (QED) is 0.929. The summed E-state index contributed by atoms with van der Waals surface area (Å²) in [7, 11) is 0. The van der Waals surface area contributed by atoms with Gasteiger partial charge in [0.1, 0.15) is 11.9 Å². The maximum Gasteiger partial charge on any atom is 0.356 e. The van der Waals surface area contributed by atoms with Crippen LogP contribution in [0.2, 0.25) is 0 Å². The number of hydrogen-bond donors (Lipinski definition) is 1. The Bertz CT molecular complexity index is 585. The number of hydrogen-bond acceptors (Lipinski definition) is 6. The molecule has 2 aromatic rings. The first-order valence-electron chi connectivity index (χ1n) is 6.18. The molecule has 6 nitrogen and oxygen atoms in total. The van der Waals surface area contributed by atoms with Gasteiger partial charge in [-0.25, -0.2) is 14.8 Å². The first-order chi connectivity index (χ1) is 9.74. The third-order valence-corrected chi connectivity index (χ3v) is 3.86. The van der Waals surface area contributed by atoms with Crippen LogP contribution >= 0.6 is 11.3 Å². The molecule has 20 heavy (non-hydrogen) atoms. The average Bonchev–Trinajstić information content (AvgIpc) is 3.02. The third-order valence-electron chi connectivity index (χ3n) is 3.16. The number of aromatic nitrogens is 2. The first-order valence-corrected chi connectivity index (χ1v) is 7.12. The van der Waals surface area contributed by atoms with Gasteiger partial charge >= 0.3 is 5.97 Å². The molecule has 0 spiro atoms. The number of aromatic carboxylic acids is 1. The van der Waals surface area contributed by atoms with Crippen molar-refractivity contribution in [1.82, 2.24) is 9.97 Å². The normalized spacial score (nSPS) is 19.0. The van der Waals surface area contributed by atoms with Crippen LogP contribution in [0, 0.1) is 0 Å². The van der Waals surface area contributed by atoms with Crippen molar-refractivity contribution >= 4 is 23.1 Å². The molecule has 3 heterocycles. The molecule has 1 aliphatic heterocycles. The summed E-state index contributed by atoms with van der Waals surface area (Å²) in [5.74, 6) is -0.388. The Morgan fingerprint density at radius 3 is 3.00 bits per heavy atom. The fourth-order valence-electron chi connectivity index (χ4n) is 2.11. The molecule has 1 saturated heterocycles. The lowest BCUT2D eigenvalue weighted by Gasteiger charge is -2.33. The number of carbonyl (C=O) groups is 1. The monoisotopic (exact) mass is 291 g/mol. The zero-order valence-electron chi connectivity index (χ0n) is 10.6. The van der Waals surface area contributed by atoms with Crippen LogP contribution in [0.25, 0.3) is 0 Å². The Kier molecular flexibility index (Phi) is 3.62. The summed E-state index contributed by atoms with van der Waals surface area (Å²) in [4.78, 5) is 20.9. The van der Waals surface area contributed by atoms with Gasteiger partial charge in [-0.1, -0.05) is 0 Å². The standard InChI is InChI=1S/C13H13N3O3S/c17-13(18)10-5-15-12(6-14-10)16-2-3-19-11(7-16)9-1-4-20-8-9/h1,4-6,8,11H,2-3,7H2,(H,17,18). The predicted molar refractivity (Wildman–Crippen MR) is 74.2 cm³/mol. The molecular weight excluding hydrogens is 278 g/mol. The van der Waals surface area contributed by atoms with Gasteiger partial charge in [-0.05, 0) is 22.4 Å². The number of carboxylic acids is 1. The fraction of sp³-hybridized carbons (Fsp3) is 0.308. The van der Waals surface area contributed by atoms with Crippen molar-refractivity contribution in [3.05, 3.63) is 40.5 Å². The minimum atomic E-state index is -1.07. The highest BCUT2D eigenvalue weighted by atomic mass is 32.1. The number of morpholine rings is 1. The maximum absolute atomic E-state index is 10.8. The molecule has 1 fully saturated rings. The molecular formula is C13H13N3O3S. The summed E-state index contributed by atoms with van der Waals surface area (Å²) >= 11 is 1.64. The second-order valence-electron chi connectivity index (χ2n) is 4.43. The minimum absolute atomic E-state index is 0.0240. The zero-order chi connectivity index (χ0) is 13.9. The van der Waals surface area contributed by atoms with Crippen molar-refractivity contribution in [1.29, 1.82) is 0 Å². The van der Waals surface area contributed by atoms with Gasteiger partial charge in [-0.2, -0.15) is 11.3 Å². The van der Waals surface area contributed by atoms with Crippen LogP contribution in [0.1, 0.15) is 22.2 Å². The molecule has 1 N–H and O–H groups in total. The Balaban J connectivity index is 1.75. The predicted octanol–water partition coefficient (Wildman–Crippen LogP) is 1.81. The number of thiophene rings is 1. The van der Waals surface area contributed by atoms with Crippen molar-refractivity contribution in [3.8, 4) is 0 Å². The molecule has 0 aromatic carbocycles. The van der Waals surface area contributed by atoms with E-state index in [0.717, 1.165) is 12.1 Å². The van der Waals surface area contributed by atoms with Crippen LogP contribution in [-0.2, 0) is 4.74 Å².